The molecule has 176 valence electrons. The fourth-order valence-corrected chi connectivity index (χ4v) is 4.17. The molecule has 0 aliphatic heterocycles. The number of hydrogen-bond acceptors (Lipinski definition) is 3. The molecule has 0 fully saturated rings. The van der Waals surface area contributed by atoms with Crippen LogP contribution in [0.3, 0.4) is 0 Å². The van der Waals surface area contributed by atoms with Crippen LogP contribution in [0.5, 0.6) is 0 Å². The average molecular weight is 462 g/mol. The van der Waals surface area contributed by atoms with Crippen LogP contribution in [0, 0.1) is 20.8 Å². The lowest BCUT2D eigenvalue weighted by Gasteiger charge is -2.27. The van der Waals surface area contributed by atoms with Crippen LogP contribution in [0.25, 0.3) is 11.1 Å². The van der Waals surface area contributed by atoms with E-state index < -0.39 is 0 Å². The first-order valence-electron chi connectivity index (χ1n) is 11.9. The summed E-state index contributed by atoms with van der Waals surface area (Å²) in [4.78, 5) is 13.5. The standard InChI is InChI=1S/C32H31NO2/c1-5-32(34)35-21-20-26-9-11-27(12-10-26)28-13-17-30(18-14-28)33(29-15-6-23(2)7-16-29)31-19-8-24(3)22-25(31)4/h5-19,22H,1,20-21H2,2-4H3. The largest absolute Gasteiger partial charge is 0.462 e. The number of carbonyl (C=O) groups is 1. The Hall–Kier alpha value is -4.11. The maximum atomic E-state index is 11.2. The zero-order chi connectivity index (χ0) is 24.8. The first-order valence-corrected chi connectivity index (χ1v) is 11.9. The number of rotatable bonds is 8. The normalized spacial score (nSPS) is 10.6. The molecule has 0 saturated carbocycles. The number of carbonyl (C=O) groups excluding carboxylic acids is 1. The van der Waals surface area contributed by atoms with Crippen molar-refractivity contribution in [1.82, 2.24) is 0 Å². The molecule has 3 heteroatoms. The van der Waals surface area contributed by atoms with Crippen molar-refractivity contribution in [3.63, 3.8) is 0 Å². The van der Waals surface area contributed by atoms with Crippen molar-refractivity contribution in [2.24, 2.45) is 0 Å². The third-order valence-corrected chi connectivity index (χ3v) is 6.10. The van der Waals surface area contributed by atoms with Crippen molar-refractivity contribution >= 4 is 23.0 Å². The molecule has 0 spiro atoms. The van der Waals surface area contributed by atoms with E-state index in [0.29, 0.717) is 13.0 Å². The van der Waals surface area contributed by atoms with Gasteiger partial charge in [-0.15, -0.1) is 0 Å². The quantitative estimate of drug-likeness (QED) is 0.196. The summed E-state index contributed by atoms with van der Waals surface area (Å²) in [6, 6.07) is 32.3. The first kappa shape index (κ1) is 24.0. The maximum Gasteiger partial charge on any atom is 0.330 e. The molecule has 0 radical (unpaired) electrons. The molecular weight excluding hydrogens is 430 g/mol. The molecule has 0 N–H and O–H groups in total. The number of anilines is 3. The van der Waals surface area contributed by atoms with Crippen LogP contribution < -0.4 is 4.90 Å². The van der Waals surface area contributed by atoms with Gasteiger partial charge in [0.05, 0.1) is 6.61 Å². The Balaban J connectivity index is 1.58. The second-order valence-electron chi connectivity index (χ2n) is 8.83. The van der Waals surface area contributed by atoms with Gasteiger partial charge >= 0.3 is 5.97 Å². The first-order chi connectivity index (χ1) is 16.9. The van der Waals surface area contributed by atoms with Crippen LogP contribution in [0.1, 0.15) is 22.3 Å². The number of nitrogens with zero attached hydrogens (tertiary/aromatic N) is 1. The molecule has 0 unspecified atom stereocenters. The predicted octanol–water partition coefficient (Wildman–Crippen LogP) is 8.02. The van der Waals surface area contributed by atoms with E-state index in [-0.39, 0.29) is 5.97 Å². The van der Waals surface area contributed by atoms with Crippen molar-refractivity contribution in [1.29, 1.82) is 0 Å². The zero-order valence-electron chi connectivity index (χ0n) is 20.6. The summed E-state index contributed by atoms with van der Waals surface area (Å²) in [7, 11) is 0. The summed E-state index contributed by atoms with van der Waals surface area (Å²) >= 11 is 0. The van der Waals surface area contributed by atoms with Gasteiger partial charge in [0.25, 0.3) is 0 Å². The third-order valence-electron chi connectivity index (χ3n) is 6.10. The van der Waals surface area contributed by atoms with Gasteiger partial charge in [0.1, 0.15) is 0 Å². The van der Waals surface area contributed by atoms with Crippen LogP contribution in [-0.4, -0.2) is 12.6 Å². The zero-order valence-corrected chi connectivity index (χ0v) is 20.6. The van der Waals surface area contributed by atoms with E-state index in [2.05, 4.69) is 123 Å². The van der Waals surface area contributed by atoms with Gasteiger partial charge in [0.15, 0.2) is 0 Å². The number of aryl methyl sites for hydroxylation is 3. The fourth-order valence-electron chi connectivity index (χ4n) is 4.17. The van der Waals surface area contributed by atoms with E-state index >= 15 is 0 Å². The minimum Gasteiger partial charge on any atom is -0.462 e. The molecule has 0 heterocycles. The van der Waals surface area contributed by atoms with Gasteiger partial charge in [-0.25, -0.2) is 4.79 Å². The van der Waals surface area contributed by atoms with Crippen LogP contribution >= 0.6 is 0 Å². The van der Waals surface area contributed by atoms with Crippen LogP contribution in [-0.2, 0) is 16.0 Å². The lowest BCUT2D eigenvalue weighted by molar-refractivity contribution is -0.137. The van der Waals surface area contributed by atoms with Crippen molar-refractivity contribution in [2.45, 2.75) is 27.2 Å². The van der Waals surface area contributed by atoms with Crippen molar-refractivity contribution in [2.75, 3.05) is 11.5 Å². The highest BCUT2D eigenvalue weighted by molar-refractivity contribution is 5.81. The summed E-state index contributed by atoms with van der Waals surface area (Å²) < 4.78 is 5.08. The molecule has 0 aliphatic carbocycles. The second kappa shape index (κ2) is 10.9. The Morgan fingerprint density at radius 1 is 0.771 bits per heavy atom. The summed E-state index contributed by atoms with van der Waals surface area (Å²) in [6.07, 6.45) is 1.87. The van der Waals surface area contributed by atoms with Crippen LogP contribution in [0.4, 0.5) is 17.1 Å². The summed E-state index contributed by atoms with van der Waals surface area (Å²) in [5, 5.41) is 0. The topological polar surface area (TPSA) is 29.5 Å². The average Bonchev–Trinajstić information content (AvgIpc) is 2.87. The Bertz CT molecular complexity index is 1300. The molecular formula is C32H31NO2. The molecule has 4 aromatic carbocycles. The van der Waals surface area contributed by atoms with Gasteiger partial charge in [-0.2, -0.15) is 0 Å². The molecule has 4 aromatic rings. The van der Waals surface area contributed by atoms with Gasteiger partial charge in [-0.3, -0.25) is 0 Å². The lowest BCUT2D eigenvalue weighted by Crippen LogP contribution is -2.11. The summed E-state index contributed by atoms with van der Waals surface area (Å²) in [5.41, 5.74) is 10.6. The van der Waals surface area contributed by atoms with Gasteiger partial charge in [-0.05, 0) is 73.4 Å². The van der Waals surface area contributed by atoms with Gasteiger partial charge in [0, 0.05) is 29.6 Å². The minimum absolute atomic E-state index is 0.353. The number of hydrogen-bond donors (Lipinski definition) is 0. The molecule has 0 saturated heterocycles. The predicted molar refractivity (Wildman–Crippen MR) is 146 cm³/mol. The number of esters is 1. The van der Waals surface area contributed by atoms with Gasteiger partial charge in [0.2, 0.25) is 0 Å². The monoisotopic (exact) mass is 461 g/mol. The SMILES string of the molecule is C=CC(=O)OCCc1ccc(-c2ccc(N(c3ccc(C)cc3)c3ccc(C)cc3C)cc2)cc1. The third kappa shape index (κ3) is 5.88. The Morgan fingerprint density at radius 3 is 1.89 bits per heavy atom. The van der Waals surface area contributed by atoms with Gasteiger partial charge < -0.3 is 9.64 Å². The van der Waals surface area contributed by atoms with E-state index in [1.54, 1.807) is 0 Å². The number of ether oxygens (including phenoxy) is 1. The molecule has 4 rings (SSSR count). The van der Waals surface area contributed by atoms with Crippen molar-refractivity contribution in [3.05, 3.63) is 126 Å². The van der Waals surface area contributed by atoms with E-state index in [1.807, 2.05) is 0 Å². The van der Waals surface area contributed by atoms with E-state index in [1.165, 1.54) is 28.5 Å². The highest BCUT2D eigenvalue weighted by Crippen LogP contribution is 2.37. The molecule has 0 amide bonds. The Labute approximate surface area is 208 Å². The van der Waals surface area contributed by atoms with Gasteiger partial charge in [-0.1, -0.05) is 78.4 Å². The summed E-state index contributed by atoms with van der Waals surface area (Å²) in [5.74, 6) is -0.387. The molecule has 0 atom stereocenters. The van der Waals surface area contributed by atoms with Crippen LogP contribution in [0.2, 0.25) is 0 Å². The van der Waals surface area contributed by atoms with E-state index in [9.17, 15) is 4.79 Å². The smallest absolute Gasteiger partial charge is 0.330 e. The fraction of sp³-hybridized carbons (Fsp3) is 0.156. The molecule has 0 aliphatic rings. The Kier molecular flexibility index (Phi) is 7.47. The lowest BCUT2D eigenvalue weighted by atomic mass is 10.0. The van der Waals surface area contributed by atoms with Crippen molar-refractivity contribution in [3.8, 4) is 11.1 Å². The Morgan fingerprint density at radius 2 is 1.31 bits per heavy atom. The summed E-state index contributed by atoms with van der Waals surface area (Å²) in [6.45, 7) is 10.2. The highest BCUT2D eigenvalue weighted by atomic mass is 16.5. The van der Waals surface area contributed by atoms with Crippen LogP contribution in [0.15, 0.2) is 104 Å². The van der Waals surface area contributed by atoms with E-state index in [0.717, 1.165) is 28.1 Å². The van der Waals surface area contributed by atoms with Crippen molar-refractivity contribution < 1.29 is 9.53 Å². The molecule has 0 aromatic heterocycles. The number of benzene rings is 4. The minimum atomic E-state index is -0.387. The maximum absolute atomic E-state index is 11.2. The highest BCUT2D eigenvalue weighted by Gasteiger charge is 2.15. The molecule has 0 bridgehead atoms. The molecule has 3 nitrogen and oxygen atoms in total. The van der Waals surface area contributed by atoms with E-state index in [4.69, 9.17) is 4.74 Å². The second-order valence-corrected chi connectivity index (χ2v) is 8.83. The molecule has 35 heavy (non-hydrogen) atoms.